The molecule has 0 radical (unpaired) electrons. The van der Waals surface area contributed by atoms with Gasteiger partial charge in [-0.1, -0.05) is 27.7 Å². The van der Waals surface area contributed by atoms with E-state index in [0.29, 0.717) is 32.1 Å². The van der Waals surface area contributed by atoms with Gasteiger partial charge in [-0.05, 0) is 117 Å². The summed E-state index contributed by atoms with van der Waals surface area (Å²) in [6.45, 7) is 13.0. The Kier molecular flexibility index (Phi) is 12.9. The van der Waals surface area contributed by atoms with Gasteiger partial charge in [-0.25, -0.2) is 0 Å². The highest BCUT2D eigenvalue weighted by Crippen LogP contribution is 2.89. The second kappa shape index (κ2) is 16.9. The first-order valence-electron chi connectivity index (χ1n) is 24.4. The average Bonchev–Trinajstić information content (AvgIpc) is 3.63. The molecule has 0 amide bonds. The Morgan fingerprint density at radius 3 is 1.83 bits per heavy atom. The van der Waals surface area contributed by atoms with Gasteiger partial charge in [-0.15, -0.1) is 0 Å². The van der Waals surface area contributed by atoms with Crippen LogP contribution in [0.4, 0.5) is 0 Å². The fourth-order valence-electron chi connectivity index (χ4n) is 16.4. The topological polar surface area (TPSA) is 307 Å². The minimum absolute atomic E-state index is 0.00898. The third-order valence-electron chi connectivity index (χ3n) is 19.9. The monoisotopic (exact) mass is 947 g/mol. The molecule has 5 aliphatic carbocycles. The van der Waals surface area contributed by atoms with Crippen LogP contribution in [0, 0.1) is 44.8 Å². The Hall–Kier alpha value is -0.760. The van der Waals surface area contributed by atoms with Crippen LogP contribution in [0.2, 0.25) is 0 Å². The van der Waals surface area contributed by atoms with Crippen molar-refractivity contribution < 1.29 is 94.4 Å². The zero-order chi connectivity index (χ0) is 48.1. The van der Waals surface area contributed by atoms with Gasteiger partial charge in [0.15, 0.2) is 18.9 Å². The number of hydrogen-bond donors (Lipinski definition) is 12. The predicted octanol–water partition coefficient (Wildman–Crippen LogP) is -1.45. The molecular weight excluding hydrogens is 868 g/mol. The zero-order valence-electron chi connectivity index (χ0n) is 39.3. The summed E-state index contributed by atoms with van der Waals surface area (Å²) in [6, 6.07) is 0. The van der Waals surface area contributed by atoms with Crippen LogP contribution in [0.1, 0.15) is 106 Å². The highest BCUT2D eigenvalue weighted by Gasteiger charge is 2.85. The predicted molar refractivity (Wildman–Crippen MR) is 226 cm³/mol. The summed E-state index contributed by atoms with van der Waals surface area (Å²) in [6.07, 6.45) is -16.3. The Bertz CT molecular complexity index is 1770. The molecule has 26 unspecified atom stereocenters. The van der Waals surface area contributed by atoms with Gasteiger partial charge in [0.05, 0.1) is 55.4 Å². The Morgan fingerprint density at radius 2 is 1.20 bits per heavy atom. The van der Waals surface area contributed by atoms with Crippen LogP contribution in [0.3, 0.4) is 0 Å². The van der Waals surface area contributed by atoms with E-state index in [2.05, 4.69) is 34.6 Å². The van der Waals surface area contributed by atoms with E-state index in [1.165, 1.54) is 0 Å². The summed E-state index contributed by atoms with van der Waals surface area (Å²) in [4.78, 5) is 0. The van der Waals surface area contributed by atoms with E-state index < -0.39 is 151 Å². The SMILES string of the molecule is CC(C)(OC1OC(CO)C(O)C(O)C1O)C1CCC(C)(C2C(O)CC3(C)C4CC(OC5OC(CO)C(O)C(O)C5O)C5C(C)(C)C(OC6OCC(O)C(O)C6O)CCC56CC46CCC23C)O1. The van der Waals surface area contributed by atoms with Gasteiger partial charge in [0.2, 0.25) is 0 Å². The van der Waals surface area contributed by atoms with Crippen molar-refractivity contribution in [3.8, 4) is 0 Å². The van der Waals surface area contributed by atoms with Crippen LogP contribution in [0.15, 0.2) is 0 Å². The van der Waals surface area contributed by atoms with Crippen LogP contribution in [0.5, 0.6) is 0 Å². The lowest BCUT2D eigenvalue weighted by Gasteiger charge is -2.65. The van der Waals surface area contributed by atoms with Crippen LogP contribution >= 0.6 is 0 Å². The molecule has 66 heavy (non-hydrogen) atoms. The second-order valence-corrected chi connectivity index (χ2v) is 23.8. The molecule has 0 aromatic heterocycles. The van der Waals surface area contributed by atoms with Crippen molar-refractivity contribution in [2.75, 3.05) is 19.8 Å². The fraction of sp³-hybridized carbons (Fsp3) is 1.00. The number of hydrogen-bond acceptors (Lipinski definition) is 19. The van der Waals surface area contributed by atoms with E-state index in [0.717, 1.165) is 25.7 Å². The molecule has 12 N–H and O–H groups in total. The first-order chi connectivity index (χ1) is 30.8. The normalized spacial score (nSPS) is 58.0. The number of rotatable bonds is 10. The third kappa shape index (κ3) is 7.22. The lowest BCUT2D eigenvalue weighted by Crippen LogP contribution is -2.65. The quantitative estimate of drug-likeness (QED) is 0.112. The smallest absolute Gasteiger partial charge is 0.187 e. The Morgan fingerprint density at radius 1 is 0.591 bits per heavy atom. The molecule has 5 saturated carbocycles. The van der Waals surface area contributed by atoms with Gasteiger partial charge in [0.1, 0.15) is 67.1 Å². The van der Waals surface area contributed by atoms with E-state index in [-0.39, 0.29) is 35.2 Å². The highest BCUT2D eigenvalue weighted by atomic mass is 16.7. The molecule has 19 heteroatoms. The summed E-state index contributed by atoms with van der Waals surface area (Å²) >= 11 is 0. The summed E-state index contributed by atoms with van der Waals surface area (Å²) in [5.41, 5.74) is -3.88. The average molecular weight is 947 g/mol. The van der Waals surface area contributed by atoms with Crippen molar-refractivity contribution in [2.24, 2.45) is 44.8 Å². The Balaban J connectivity index is 1.01. The van der Waals surface area contributed by atoms with Gasteiger partial charge in [-0.2, -0.15) is 0 Å². The maximum absolute atomic E-state index is 12.5. The van der Waals surface area contributed by atoms with Gasteiger partial charge in [-0.3, -0.25) is 0 Å². The molecule has 4 aliphatic heterocycles. The van der Waals surface area contributed by atoms with Gasteiger partial charge in [0.25, 0.3) is 0 Å². The van der Waals surface area contributed by atoms with Crippen molar-refractivity contribution in [1.29, 1.82) is 0 Å². The van der Waals surface area contributed by atoms with E-state index in [9.17, 15) is 61.3 Å². The van der Waals surface area contributed by atoms with Gasteiger partial charge < -0.3 is 94.4 Å². The number of fused-ring (bicyclic) bond motifs is 2. The first kappa shape index (κ1) is 50.2. The molecule has 9 fully saturated rings. The standard InChI is InChI=1S/C47H78O19/c1-41(2)26(64-38-33(57)28(52)21(51)18-60-38)9-11-47-19-46(47)13-12-43(5)36(45(7)10-8-27(65-45)42(3,4)66-40-35(59)32(56)30(54)24(17-49)63-40)20(50)15-44(43,6)25(46)14-22(37(41)47)61-39-34(58)31(55)29(53)23(16-48)62-39/h20-40,48-59H,8-19H2,1-7H3. The van der Waals surface area contributed by atoms with Crippen LogP contribution in [-0.2, 0) is 33.2 Å². The molecular formula is C47H78O19. The summed E-state index contributed by atoms with van der Waals surface area (Å²) in [7, 11) is 0. The molecule has 19 nitrogen and oxygen atoms in total. The second-order valence-electron chi connectivity index (χ2n) is 23.8. The minimum Gasteiger partial charge on any atom is -0.394 e. The Labute approximate surface area is 386 Å². The molecule has 9 rings (SSSR count). The molecule has 9 aliphatic rings. The molecule has 4 heterocycles. The van der Waals surface area contributed by atoms with Crippen LogP contribution in [-0.4, -0.2) is 203 Å². The number of ether oxygens (including phenoxy) is 7. The molecule has 0 aromatic rings. The van der Waals surface area contributed by atoms with Crippen LogP contribution < -0.4 is 0 Å². The molecule has 0 bridgehead atoms. The third-order valence-corrected chi connectivity index (χ3v) is 19.9. The molecule has 4 saturated heterocycles. The lowest BCUT2D eigenvalue weighted by atomic mass is 9.41. The van der Waals surface area contributed by atoms with Crippen molar-refractivity contribution in [2.45, 2.75) is 228 Å². The zero-order valence-corrected chi connectivity index (χ0v) is 39.3. The fourth-order valence-corrected chi connectivity index (χ4v) is 16.4. The minimum atomic E-state index is -1.65. The summed E-state index contributed by atoms with van der Waals surface area (Å²) in [5.74, 6) is -0.523. The molecule has 0 aromatic carbocycles. The molecule has 26 atom stereocenters. The van der Waals surface area contributed by atoms with Crippen molar-refractivity contribution in [3.63, 3.8) is 0 Å². The van der Waals surface area contributed by atoms with Crippen molar-refractivity contribution in [1.82, 2.24) is 0 Å². The highest BCUT2D eigenvalue weighted by molar-refractivity contribution is 5.33. The largest absolute Gasteiger partial charge is 0.394 e. The number of aliphatic hydroxyl groups excluding tert-OH is 12. The lowest BCUT2D eigenvalue weighted by molar-refractivity contribution is -0.339. The summed E-state index contributed by atoms with van der Waals surface area (Å²) < 4.78 is 44.3. The van der Waals surface area contributed by atoms with E-state index >= 15 is 0 Å². The molecule has 2 spiro atoms. The first-order valence-corrected chi connectivity index (χ1v) is 24.4. The van der Waals surface area contributed by atoms with E-state index in [1.807, 2.05) is 13.8 Å². The van der Waals surface area contributed by atoms with E-state index in [1.54, 1.807) is 0 Å². The number of aliphatic hydroxyl groups is 12. The van der Waals surface area contributed by atoms with Gasteiger partial charge in [0, 0.05) is 5.92 Å². The van der Waals surface area contributed by atoms with E-state index in [4.69, 9.17) is 33.2 Å². The van der Waals surface area contributed by atoms with Gasteiger partial charge >= 0.3 is 0 Å². The summed E-state index contributed by atoms with van der Waals surface area (Å²) in [5, 5.41) is 129. The maximum atomic E-state index is 12.5. The van der Waals surface area contributed by atoms with Crippen LogP contribution in [0.25, 0.3) is 0 Å². The molecule has 380 valence electrons. The maximum Gasteiger partial charge on any atom is 0.187 e. The van der Waals surface area contributed by atoms with Crippen molar-refractivity contribution in [3.05, 3.63) is 0 Å². The van der Waals surface area contributed by atoms with Crippen molar-refractivity contribution >= 4 is 0 Å².